The normalized spacial score (nSPS) is 12.8. The first kappa shape index (κ1) is 11.3. The topological polar surface area (TPSA) is 17.8 Å². The number of aromatic nitrogens is 2. The Morgan fingerprint density at radius 3 is 2.61 bits per heavy atom. The first-order valence-corrected chi connectivity index (χ1v) is 6.35. The number of alkyl halides is 1. The Hall–Kier alpha value is -1.80. The number of hydrogen-bond donors (Lipinski definition) is 0. The number of hydrogen-bond acceptors (Lipinski definition) is 1. The molecule has 2 heterocycles. The summed E-state index contributed by atoms with van der Waals surface area (Å²) in [5.41, 5.74) is 3.45. The zero-order chi connectivity index (χ0) is 12.5. The number of pyridine rings is 1. The van der Waals surface area contributed by atoms with Gasteiger partial charge in [-0.05, 0) is 36.8 Å². The van der Waals surface area contributed by atoms with Gasteiger partial charge in [0.2, 0.25) is 0 Å². The molecule has 90 valence electrons. The van der Waals surface area contributed by atoms with E-state index in [4.69, 9.17) is 11.6 Å². The van der Waals surface area contributed by atoms with Gasteiger partial charge in [-0.3, -0.25) is 4.98 Å². The zero-order valence-corrected chi connectivity index (χ0v) is 10.8. The second kappa shape index (κ2) is 4.46. The molecule has 0 bridgehead atoms. The molecule has 0 aliphatic rings. The van der Waals surface area contributed by atoms with Crippen molar-refractivity contribution in [3.63, 3.8) is 0 Å². The van der Waals surface area contributed by atoms with Crippen LogP contribution in [-0.4, -0.2) is 9.55 Å². The number of nitrogens with zero attached hydrogens (tertiary/aromatic N) is 2. The van der Waals surface area contributed by atoms with Crippen molar-refractivity contribution < 1.29 is 0 Å². The first-order chi connectivity index (χ1) is 8.77. The Bertz CT molecular complexity index is 671. The Kier molecular flexibility index (Phi) is 2.80. The molecule has 18 heavy (non-hydrogen) atoms. The Morgan fingerprint density at radius 2 is 1.89 bits per heavy atom. The molecular formula is C15H13ClN2. The molecule has 0 aliphatic carbocycles. The molecule has 0 radical (unpaired) electrons. The Morgan fingerprint density at radius 1 is 1.11 bits per heavy atom. The molecule has 0 N–H and O–H groups in total. The summed E-state index contributed by atoms with van der Waals surface area (Å²) < 4.78 is 2.15. The van der Waals surface area contributed by atoms with E-state index in [1.165, 1.54) is 16.5 Å². The van der Waals surface area contributed by atoms with Crippen molar-refractivity contribution in [3.05, 3.63) is 60.6 Å². The van der Waals surface area contributed by atoms with Crippen molar-refractivity contribution in [1.29, 1.82) is 0 Å². The van der Waals surface area contributed by atoms with E-state index in [0.29, 0.717) is 0 Å². The summed E-state index contributed by atoms with van der Waals surface area (Å²) in [5, 5.41) is 1.22. The van der Waals surface area contributed by atoms with Crippen LogP contribution in [0.5, 0.6) is 0 Å². The van der Waals surface area contributed by atoms with Gasteiger partial charge < -0.3 is 4.57 Å². The SMILES string of the molecule is CC(Cl)c1cccc2c1ccn2-c1ccncc1. The third-order valence-electron chi connectivity index (χ3n) is 3.14. The van der Waals surface area contributed by atoms with Gasteiger partial charge in [-0.25, -0.2) is 0 Å². The van der Waals surface area contributed by atoms with Gasteiger partial charge in [0.15, 0.2) is 0 Å². The minimum Gasteiger partial charge on any atom is -0.316 e. The standard InChI is InChI=1S/C15H13ClN2/c1-11(16)13-3-2-4-15-14(13)7-10-18(15)12-5-8-17-9-6-12/h2-11H,1H3. The molecule has 3 aromatic rings. The van der Waals surface area contributed by atoms with Gasteiger partial charge in [-0.15, -0.1) is 11.6 Å². The molecule has 0 saturated heterocycles. The minimum atomic E-state index is 0.0157. The minimum absolute atomic E-state index is 0.0157. The summed E-state index contributed by atoms with van der Waals surface area (Å²) in [7, 11) is 0. The van der Waals surface area contributed by atoms with Crippen LogP contribution in [0.4, 0.5) is 0 Å². The molecule has 0 amide bonds. The maximum absolute atomic E-state index is 6.22. The first-order valence-electron chi connectivity index (χ1n) is 5.92. The van der Waals surface area contributed by atoms with Crippen LogP contribution in [-0.2, 0) is 0 Å². The van der Waals surface area contributed by atoms with Crippen LogP contribution >= 0.6 is 11.6 Å². The molecule has 0 aliphatic heterocycles. The van der Waals surface area contributed by atoms with E-state index in [1.807, 2.05) is 25.1 Å². The second-order valence-corrected chi connectivity index (χ2v) is 4.94. The highest BCUT2D eigenvalue weighted by Crippen LogP contribution is 2.29. The predicted octanol–water partition coefficient (Wildman–Crippen LogP) is 4.33. The molecule has 3 rings (SSSR count). The molecule has 2 aromatic heterocycles. The third-order valence-corrected chi connectivity index (χ3v) is 3.37. The van der Waals surface area contributed by atoms with Crippen LogP contribution in [0.1, 0.15) is 17.9 Å². The van der Waals surface area contributed by atoms with Crippen molar-refractivity contribution >= 4 is 22.5 Å². The average Bonchev–Trinajstić information content (AvgIpc) is 2.83. The Labute approximate surface area is 111 Å². The lowest BCUT2D eigenvalue weighted by molar-refractivity contribution is 1.09. The second-order valence-electron chi connectivity index (χ2n) is 4.29. The molecule has 0 saturated carbocycles. The molecule has 1 atom stereocenters. The quantitative estimate of drug-likeness (QED) is 0.624. The molecule has 1 unspecified atom stereocenters. The van der Waals surface area contributed by atoms with Crippen molar-refractivity contribution in [2.45, 2.75) is 12.3 Å². The van der Waals surface area contributed by atoms with Gasteiger partial charge in [-0.1, -0.05) is 12.1 Å². The fourth-order valence-electron chi connectivity index (χ4n) is 2.27. The molecule has 2 nitrogen and oxygen atoms in total. The van der Waals surface area contributed by atoms with E-state index >= 15 is 0 Å². The van der Waals surface area contributed by atoms with Gasteiger partial charge in [-0.2, -0.15) is 0 Å². The largest absolute Gasteiger partial charge is 0.316 e. The Balaban J connectivity index is 2.25. The van der Waals surface area contributed by atoms with Gasteiger partial charge in [0, 0.05) is 29.7 Å². The predicted molar refractivity (Wildman–Crippen MR) is 75.3 cm³/mol. The van der Waals surface area contributed by atoms with Crippen molar-refractivity contribution in [2.24, 2.45) is 0 Å². The molecule has 0 spiro atoms. The summed E-state index contributed by atoms with van der Waals surface area (Å²) >= 11 is 6.22. The van der Waals surface area contributed by atoms with Crippen LogP contribution in [0.25, 0.3) is 16.6 Å². The van der Waals surface area contributed by atoms with Crippen LogP contribution in [0.3, 0.4) is 0 Å². The lowest BCUT2D eigenvalue weighted by Gasteiger charge is -2.08. The van der Waals surface area contributed by atoms with Crippen molar-refractivity contribution in [2.75, 3.05) is 0 Å². The van der Waals surface area contributed by atoms with Crippen molar-refractivity contribution in [3.8, 4) is 5.69 Å². The van der Waals surface area contributed by atoms with Crippen LogP contribution in [0.2, 0.25) is 0 Å². The van der Waals surface area contributed by atoms with Gasteiger partial charge in [0.1, 0.15) is 0 Å². The van der Waals surface area contributed by atoms with Gasteiger partial charge >= 0.3 is 0 Å². The number of fused-ring (bicyclic) bond motifs is 1. The fraction of sp³-hybridized carbons (Fsp3) is 0.133. The maximum Gasteiger partial charge on any atom is 0.0563 e. The monoisotopic (exact) mass is 256 g/mol. The fourth-order valence-corrected chi connectivity index (χ4v) is 2.46. The summed E-state index contributed by atoms with van der Waals surface area (Å²) in [4.78, 5) is 4.05. The van der Waals surface area contributed by atoms with Crippen LogP contribution < -0.4 is 0 Å². The van der Waals surface area contributed by atoms with E-state index in [-0.39, 0.29) is 5.38 Å². The molecule has 0 fully saturated rings. The summed E-state index contributed by atoms with van der Waals surface area (Å²) in [5.74, 6) is 0. The maximum atomic E-state index is 6.22. The third kappa shape index (κ3) is 1.79. The highest BCUT2D eigenvalue weighted by Gasteiger charge is 2.09. The van der Waals surface area contributed by atoms with Crippen molar-refractivity contribution in [1.82, 2.24) is 9.55 Å². The lowest BCUT2D eigenvalue weighted by atomic mass is 10.1. The number of rotatable bonds is 2. The number of halogens is 1. The van der Waals surface area contributed by atoms with Gasteiger partial charge in [0.05, 0.1) is 10.9 Å². The van der Waals surface area contributed by atoms with E-state index in [0.717, 1.165) is 5.69 Å². The van der Waals surface area contributed by atoms with Crippen LogP contribution in [0, 0.1) is 0 Å². The summed E-state index contributed by atoms with van der Waals surface area (Å²) in [6.07, 6.45) is 5.67. The molecular weight excluding hydrogens is 244 g/mol. The molecule has 1 aromatic carbocycles. The lowest BCUT2D eigenvalue weighted by Crippen LogP contribution is -1.92. The van der Waals surface area contributed by atoms with Crippen LogP contribution in [0.15, 0.2) is 55.0 Å². The average molecular weight is 257 g/mol. The van der Waals surface area contributed by atoms with E-state index in [9.17, 15) is 0 Å². The molecule has 3 heteroatoms. The highest BCUT2D eigenvalue weighted by molar-refractivity contribution is 6.21. The smallest absolute Gasteiger partial charge is 0.0563 e. The highest BCUT2D eigenvalue weighted by atomic mass is 35.5. The van der Waals surface area contributed by atoms with E-state index in [1.54, 1.807) is 12.4 Å². The number of benzene rings is 1. The zero-order valence-electron chi connectivity index (χ0n) is 10.0. The van der Waals surface area contributed by atoms with Gasteiger partial charge in [0.25, 0.3) is 0 Å². The summed E-state index contributed by atoms with van der Waals surface area (Å²) in [6, 6.07) is 12.3. The van der Waals surface area contributed by atoms with E-state index < -0.39 is 0 Å². The summed E-state index contributed by atoms with van der Waals surface area (Å²) in [6.45, 7) is 2.00. The van der Waals surface area contributed by atoms with E-state index in [2.05, 4.69) is 33.9 Å².